The predicted molar refractivity (Wildman–Crippen MR) is 268 cm³/mol. The summed E-state index contributed by atoms with van der Waals surface area (Å²) in [7, 11) is 0. The van der Waals surface area contributed by atoms with Gasteiger partial charge >= 0.3 is 23.9 Å². The van der Waals surface area contributed by atoms with E-state index in [1.54, 1.807) is 13.8 Å². The Morgan fingerprint density at radius 1 is 0.800 bits per heavy atom. The third-order valence-electron chi connectivity index (χ3n) is 20.2. The molecule has 6 heterocycles. The Morgan fingerprint density at radius 2 is 1.48 bits per heavy atom. The number of allylic oxidation sites excluding steroid dienone is 1. The molecule has 0 aromatic carbocycles. The van der Waals surface area contributed by atoms with Gasteiger partial charge in [-0.25, -0.2) is 4.79 Å². The molecule has 10 aliphatic rings. The molecule has 80 heavy (non-hydrogen) atoms. The van der Waals surface area contributed by atoms with Crippen molar-refractivity contribution in [1.82, 2.24) is 0 Å². The minimum absolute atomic E-state index is 0.0264. The van der Waals surface area contributed by atoms with E-state index in [1.807, 2.05) is 6.92 Å². The molecule has 0 aromatic rings. The molecule has 0 aromatic heterocycles. The lowest BCUT2D eigenvalue weighted by Crippen LogP contribution is -2.68. The van der Waals surface area contributed by atoms with Crippen molar-refractivity contribution in [1.29, 1.82) is 0 Å². The van der Waals surface area contributed by atoms with Crippen molar-refractivity contribution in [2.75, 3.05) is 13.2 Å². The fourth-order valence-electron chi connectivity index (χ4n) is 16.0. The zero-order chi connectivity index (χ0) is 58.1. The number of aliphatic hydroxyl groups excluding tert-OH is 6. The molecule has 0 unspecified atom stereocenters. The number of esters is 4. The summed E-state index contributed by atoms with van der Waals surface area (Å²) in [6.07, 6.45) is -19.3. The van der Waals surface area contributed by atoms with E-state index in [-0.39, 0.29) is 61.2 Å². The molecule has 3 saturated carbocycles. The van der Waals surface area contributed by atoms with Gasteiger partial charge in [-0.3, -0.25) is 14.4 Å². The molecule has 0 amide bonds. The average molecular weight is 1140 g/mol. The maximum absolute atomic E-state index is 13.0. The van der Waals surface area contributed by atoms with Gasteiger partial charge in [-0.05, 0) is 94.0 Å². The highest BCUT2D eigenvalue weighted by molar-refractivity contribution is 5.78. The second-order valence-corrected chi connectivity index (χ2v) is 25.0. The van der Waals surface area contributed by atoms with Crippen molar-refractivity contribution in [3.05, 3.63) is 23.8 Å². The number of carbonyl (C=O) groups is 4. The summed E-state index contributed by atoms with van der Waals surface area (Å²) < 4.78 is 79.7. The first-order chi connectivity index (χ1) is 37.5. The summed E-state index contributed by atoms with van der Waals surface area (Å²) in [6, 6.07) is 0. The van der Waals surface area contributed by atoms with Gasteiger partial charge < -0.3 is 97.3 Å². The van der Waals surface area contributed by atoms with Crippen LogP contribution in [0.5, 0.6) is 0 Å². The third kappa shape index (κ3) is 9.69. The molecule has 24 nitrogen and oxygen atoms in total. The van der Waals surface area contributed by atoms with Gasteiger partial charge in [-0.15, -0.1) is 0 Å². The van der Waals surface area contributed by atoms with Crippen LogP contribution in [-0.2, 0) is 80.8 Å². The molecule has 10 rings (SSSR count). The van der Waals surface area contributed by atoms with E-state index in [2.05, 4.69) is 26.5 Å². The Kier molecular flexibility index (Phi) is 16.2. The SMILES string of the molecule is C=C1CO[C@@]2(O[C@H]3C[C@H]4[C@@H]5CC=C6C[C@@H](O)C[C@@H](O[C@@H]7OC[C@H](O)[C@H](O)[C@H]7O[C@@H]7O[C@@H](C)[C@H](OC(C)=O)[C@@H](OC(C)=O)[C@H]7OC(C)=O)[C@]6(C)[C@H]5CC[C@]4(C)[C@H]3[C@@H]2C)[C@@H](O)[C@H]1O[C@@H]1O[C@H](C)[C@@]2(OC(=O)[C@@H]([C@@](C)(O)CC)O2)[C@H](O)[C@H]1O. The van der Waals surface area contributed by atoms with E-state index in [0.29, 0.717) is 18.4 Å². The number of rotatable bonds is 11. The van der Waals surface area contributed by atoms with E-state index >= 15 is 0 Å². The first-order valence-electron chi connectivity index (χ1n) is 28.3. The van der Waals surface area contributed by atoms with Gasteiger partial charge in [-0.2, -0.15) is 0 Å². The summed E-state index contributed by atoms with van der Waals surface area (Å²) in [5.74, 6) is -7.17. The zero-order valence-corrected chi connectivity index (χ0v) is 47.1. The standard InChI is InChI=1S/C56H82O24/c1-12-53(10,67)47-48(66)80-56(79-47)25(5)71-49(39(63)45(56)64)76-40-22(2)20-69-55(46(40)65)23(3)37-35(78-55)19-33-31-14-13-29-17-30(60)18-36(54(29,11)32(31)15-16-52(33,37)9)75-50-42(38(62)34(61)21-68-50)77-51-44(74-28(8)59)43(73-27(7)58)41(24(4)70-51)72-26(6)57/h13,23-25,30-47,49-51,60-65,67H,2,12,14-21H2,1,3-11H3/t23-,24-,25+,30+,31+,32-,33-,34-,35-,36+,37-,38-,39+,40-,41-,42+,43+,44+,45+,46-,47-,49-,50-,51-,52-,53-,54-,55-,56+/m0/s1. The summed E-state index contributed by atoms with van der Waals surface area (Å²) in [4.78, 5) is 50.1. The highest BCUT2D eigenvalue weighted by atomic mass is 16.8. The molecule has 0 radical (unpaired) electrons. The van der Waals surface area contributed by atoms with Crippen LogP contribution >= 0.6 is 0 Å². The normalized spacial score (nSPS) is 51.5. The maximum Gasteiger partial charge on any atom is 0.341 e. The number of carbonyl (C=O) groups excluding carboxylic acids is 4. The van der Waals surface area contributed by atoms with E-state index in [4.69, 9.17) is 61.6 Å². The maximum atomic E-state index is 13.0. The third-order valence-corrected chi connectivity index (χ3v) is 20.2. The Morgan fingerprint density at radius 3 is 2.15 bits per heavy atom. The zero-order valence-electron chi connectivity index (χ0n) is 47.1. The Hall–Kier alpha value is -3.28. The van der Waals surface area contributed by atoms with E-state index < -0.39 is 163 Å². The van der Waals surface area contributed by atoms with Crippen LogP contribution in [0.25, 0.3) is 0 Å². The molecule has 6 saturated heterocycles. The van der Waals surface area contributed by atoms with Gasteiger partial charge in [-0.1, -0.05) is 45.9 Å². The number of hydrogen-bond acceptors (Lipinski definition) is 24. The second-order valence-electron chi connectivity index (χ2n) is 25.0. The highest BCUT2D eigenvalue weighted by Gasteiger charge is 2.73. The van der Waals surface area contributed by atoms with E-state index in [0.717, 1.165) is 45.6 Å². The van der Waals surface area contributed by atoms with Gasteiger partial charge in [0.2, 0.25) is 5.79 Å². The molecule has 7 N–H and O–H groups in total. The van der Waals surface area contributed by atoms with Gasteiger partial charge in [0.05, 0.1) is 43.2 Å². The van der Waals surface area contributed by atoms with Crippen LogP contribution in [0.2, 0.25) is 0 Å². The summed E-state index contributed by atoms with van der Waals surface area (Å²) in [6.45, 7) is 19.7. The van der Waals surface area contributed by atoms with Gasteiger partial charge in [0.25, 0.3) is 5.79 Å². The van der Waals surface area contributed by atoms with Crippen LogP contribution < -0.4 is 0 Å². The van der Waals surface area contributed by atoms with Crippen molar-refractivity contribution in [3.8, 4) is 0 Å². The molecule has 4 aliphatic carbocycles. The molecule has 24 heteroatoms. The van der Waals surface area contributed by atoms with Crippen molar-refractivity contribution >= 4 is 23.9 Å². The molecule has 9 fully saturated rings. The largest absolute Gasteiger partial charge is 0.456 e. The smallest absolute Gasteiger partial charge is 0.341 e. The molecular weight excluding hydrogens is 1060 g/mol. The lowest BCUT2D eigenvalue weighted by Gasteiger charge is -2.60. The number of hydrogen-bond donors (Lipinski definition) is 7. The fourth-order valence-corrected chi connectivity index (χ4v) is 16.0. The Labute approximate surface area is 464 Å². The summed E-state index contributed by atoms with van der Waals surface area (Å²) in [5.41, 5.74) is -1.27. The molecule has 6 aliphatic heterocycles. The van der Waals surface area contributed by atoms with Crippen LogP contribution in [0.4, 0.5) is 0 Å². The predicted octanol–water partition coefficient (Wildman–Crippen LogP) is 0.864. The lowest BCUT2D eigenvalue weighted by atomic mass is 9.46. The van der Waals surface area contributed by atoms with Gasteiger partial charge in [0.15, 0.2) is 49.4 Å². The summed E-state index contributed by atoms with van der Waals surface area (Å²) in [5, 5.41) is 80.5. The first-order valence-corrected chi connectivity index (χ1v) is 28.3. The van der Waals surface area contributed by atoms with Crippen molar-refractivity contribution in [2.45, 2.75) is 248 Å². The van der Waals surface area contributed by atoms with Crippen LogP contribution in [0.15, 0.2) is 23.8 Å². The molecular formula is C56H82O24. The molecule has 450 valence electrons. The number of fused-ring (bicyclic) bond motifs is 7. The van der Waals surface area contributed by atoms with Crippen LogP contribution in [0.3, 0.4) is 0 Å². The minimum Gasteiger partial charge on any atom is -0.456 e. The fraction of sp³-hybridized carbons (Fsp3) is 0.857. The Bertz CT molecular complexity index is 2420. The van der Waals surface area contributed by atoms with Crippen molar-refractivity contribution in [2.24, 2.45) is 40.4 Å². The van der Waals surface area contributed by atoms with Crippen LogP contribution in [0.1, 0.15) is 114 Å². The number of ether oxygens (including phenoxy) is 13. The second kappa shape index (κ2) is 21.7. The van der Waals surface area contributed by atoms with Crippen LogP contribution in [0, 0.1) is 40.4 Å². The molecule has 2 spiro atoms. The van der Waals surface area contributed by atoms with Crippen molar-refractivity contribution in [3.63, 3.8) is 0 Å². The van der Waals surface area contributed by atoms with Gasteiger partial charge in [0.1, 0.15) is 42.7 Å². The molecule has 29 atom stereocenters. The lowest BCUT2D eigenvalue weighted by molar-refractivity contribution is -0.393. The average Bonchev–Trinajstić information content (AvgIpc) is 4.20. The van der Waals surface area contributed by atoms with E-state index in [1.165, 1.54) is 13.8 Å². The van der Waals surface area contributed by atoms with E-state index in [9.17, 15) is 54.9 Å². The number of aliphatic hydroxyl groups is 7. The molecule has 0 bridgehead atoms. The van der Waals surface area contributed by atoms with Gasteiger partial charge in [0, 0.05) is 38.5 Å². The van der Waals surface area contributed by atoms with Crippen molar-refractivity contribution < 1.29 is 117 Å². The topological polar surface area (TPSA) is 330 Å². The summed E-state index contributed by atoms with van der Waals surface area (Å²) >= 11 is 0. The Balaban J connectivity index is 0.856. The monoisotopic (exact) mass is 1140 g/mol. The first kappa shape index (κ1) is 59.9. The minimum atomic E-state index is -2.16. The quantitative estimate of drug-likeness (QED) is 0.0857. The van der Waals surface area contributed by atoms with Crippen LogP contribution in [-0.4, -0.2) is 207 Å². The highest BCUT2D eigenvalue weighted by Crippen LogP contribution is 2.71.